The van der Waals surface area contributed by atoms with Gasteiger partial charge in [-0.2, -0.15) is 0 Å². The quantitative estimate of drug-likeness (QED) is 0.834. The molecule has 1 aliphatic rings. The molecule has 4 heteroatoms. The molecule has 0 aliphatic carbocycles. The molecule has 0 bridgehead atoms. The van der Waals surface area contributed by atoms with Crippen molar-refractivity contribution in [1.82, 2.24) is 0 Å². The van der Waals surface area contributed by atoms with Crippen LogP contribution in [-0.2, 0) is 17.8 Å². The fourth-order valence-electron chi connectivity index (χ4n) is 2.20. The number of benzene rings is 1. The molecule has 0 atom stereocenters. The minimum absolute atomic E-state index is 0.197. The maximum Gasteiger partial charge on any atom is 0.227 e. The maximum absolute atomic E-state index is 11.9. The number of aryl methyl sites for hydroxylation is 1. The van der Waals surface area contributed by atoms with E-state index in [2.05, 4.69) is 6.07 Å². The average molecular weight is 253 g/mol. The first-order valence-corrected chi connectivity index (χ1v) is 6.48. The number of hydrogen-bond acceptors (Lipinski definition) is 2. The summed E-state index contributed by atoms with van der Waals surface area (Å²) in [7, 11) is 0. The Bertz CT molecular complexity index is 420. The van der Waals surface area contributed by atoms with Gasteiger partial charge in [0.1, 0.15) is 0 Å². The summed E-state index contributed by atoms with van der Waals surface area (Å²) in [4.78, 5) is 13.7. The molecular formula is C13H17ClN2O. The monoisotopic (exact) mass is 252 g/mol. The van der Waals surface area contributed by atoms with Crippen molar-refractivity contribution in [2.75, 3.05) is 17.3 Å². The predicted molar refractivity (Wildman–Crippen MR) is 70.3 cm³/mol. The van der Waals surface area contributed by atoms with Crippen LogP contribution in [0.1, 0.15) is 24.0 Å². The third kappa shape index (κ3) is 2.61. The molecule has 0 saturated carbocycles. The summed E-state index contributed by atoms with van der Waals surface area (Å²) in [6.07, 6.45) is 2.23. The van der Waals surface area contributed by atoms with Gasteiger partial charge < -0.3 is 10.6 Å². The van der Waals surface area contributed by atoms with Crippen LogP contribution in [0.4, 0.5) is 5.69 Å². The van der Waals surface area contributed by atoms with Crippen molar-refractivity contribution in [3.8, 4) is 0 Å². The number of alkyl halides is 1. The van der Waals surface area contributed by atoms with E-state index in [0.29, 0.717) is 25.4 Å². The second-order valence-corrected chi connectivity index (χ2v) is 4.63. The second kappa shape index (κ2) is 5.52. The Morgan fingerprint density at radius 2 is 2.18 bits per heavy atom. The first kappa shape index (κ1) is 12.4. The smallest absolute Gasteiger partial charge is 0.227 e. The van der Waals surface area contributed by atoms with E-state index >= 15 is 0 Å². The summed E-state index contributed by atoms with van der Waals surface area (Å²) in [6.45, 7) is 1.25. The molecule has 0 unspecified atom stereocenters. The third-order valence-electron chi connectivity index (χ3n) is 3.10. The van der Waals surface area contributed by atoms with Crippen molar-refractivity contribution in [1.29, 1.82) is 0 Å². The summed E-state index contributed by atoms with van der Waals surface area (Å²) in [5.41, 5.74) is 9.00. The van der Waals surface area contributed by atoms with Crippen molar-refractivity contribution in [3.05, 3.63) is 29.3 Å². The molecule has 3 nitrogen and oxygen atoms in total. The maximum atomic E-state index is 11.9. The second-order valence-electron chi connectivity index (χ2n) is 4.26. The molecule has 0 fully saturated rings. The number of nitrogens with two attached hydrogens (primary N) is 1. The van der Waals surface area contributed by atoms with Crippen LogP contribution in [0.15, 0.2) is 18.2 Å². The number of fused-ring (bicyclic) bond motifs is 1. The average Bonchev–Trinajstić information content (AvgIpc) is 2.37. The molecule has 0 saturated heterocycles. The number of anilines is 1. The molecular weight excluding hydrogens is 236 g/mol. The number of rotatable bonds is 4. The van der Waals surface area contributed by atoms with Gasteiger partial charge in [0.25, 0.3) is 0 Å². The summed E-state index contributed by atoms with van der Waals surface area (Å²) in [5, 5.41) is 0. The highest BCUT2D eigenvalue weighted by molar-refractivity contribution is 6.17. The third-order valence-corrected chi connectivity index (χ3v) is 3.36. The van der Waals surface area contributed by atoms with E-state index in [4.69, 9.17) is 17.3 Å². The minimum atomic E-state index is 0.197. The van der Waals surface area contributed by atoms with Crippen LogP contribution in [-0.4, -0.2) is 18.3 Å². The number of nitrogens with zero attached hydrogens (tertiary/aromatic N) is 1. The Labute approximate surface area is 107 Å². The van der Waals surface area contributed by atoms with Gasteiger partial charge in [-0.15, -0.1) is 11.6 Å². The number of carbonyl (C=O) groups excluding carboxylic acids is 1. The van der Waals surface area contributed by atoms with Gasteiger partial charge in [-0.05, 0) is 30.0 Å². The van der Waals surface area contributed by atoms with E-state index in [1.807, 2.05) is 17.0 Å². The number of amides is 1. The van der Waals surface area contributed by atoms with Crippen LogP contribution in [0.5, 0.6) is 0 Å². The van der Waals surface area contributed by atoms with Gasteiger partial charge in [0.2, 0.25) is 5.91 Å². The Morgan fingerprint density at radius 1 is 1.35 bits per heavy atom. The first-order chi connectivity index (χ1) is 8.26. The molecule has 1 aliphatic heterocycles. The van der Waals surface area contributed by atoms with Crippen molar-refractivity contribution in [3.63, 3.8) is 0 Å². The molecule has 2 N–H and O–H groups in total. The summed E-state index contributed by atoms with van der Waals surface area (Å²) < 4.78 is 0. The molecule has 17 heavy (non-hydrogen) atoms. The molecule has 1 aromatic rings. The van der Waals surface area contributed by atoms with Gasteiger partial charge >= 0.3 is 0 Å². The number of halogens is 1. The standard InChI is InChI=1S/C13H17ClN2O/c14-6-1-7-16-12-4-2-10(9-15)8-11(12)3-5-13(16)17/h2,4,8H,1,3,5-7,9,15H2. The van der Waals surface area contributed by atoms with E-state index in [1.165, 1.54) is 5.56 Å². The zero-order chi connectivity index (χ0) is 12.3. The zero-order valence-electron chi connectivity index (χ0n) is 9.79. The zero-order valence-corrected chi connectivity index (χ0v) is 10.5. The topological polar surface area (TPSA) is 46.3 Å². The van der Waals surface area contributed by atoms with Crippen LogP contribution in [0.2, 0.25) is 0 Å². The molecule has 92 valence electrons. The van der Waals surface area contributed by atoms with Gasteiger partial charge in [0.05, 0.1) is 0 Å². The normalized spacial score (nSPS) is 14.9. The summed E-state index contributed by atoms with van der Waals surface area (Å²) >= 11 is 5.69. The van der Waals surface area contributed by atoms with Crippen LogP contribution in [0.25, 0.3) is 0 Å². The van der Waals surface area contributed by atoms with Crippen LogP contribution >= 0.6 is 11.6 Å². The van der Waals surface area contributed by atoms with Crippen molar-refractivity contribution in [2.45, 2.75) is 25.8 Å². The Balaban J connectivity index is 2.28. The molecule has 1 heterocycles. The highest BCUT2D eigenvalue weighted by Gasteiger charge is 2.23. The Hall–Kier alpha value is -1.06. The van der Waals surface area contributed by atoms with Crippen LogP contribution in [0, 0.1) is 0 Å². The number of carbonyl (C=O) groups is 1. The fourth-order valence-corrected chi connectivity index (χ4v) is 2.32. The minimum Gasteiger partial charge on any atom is -0.326 e. The molecule has 1 amide bonds. The van der Waals surface area contributed by atoms with Gasteiger partial charge in [0.15, 0.2) is 0 Å². The van der Waals surface area contributed by atoms with Crippen molar-refractivity contribution in [2.24, 2.45) is 5.73 Å². The van der Waals surface area contributed by atoms with Crippen LogP contribution in [0.3, 0.4) is 0 Å². The van der Waals surface area contributed by atoms with Gasteiger partial charge in [-0.1, -0.05) is 12.1 Å². The Morgan fingerprint density at radius 3 is 2.88 bits per heavy atom. The van der Waals surface area contributed by atoms with E-state index in [1.54, 1.807) is 0 Å². The highest BCUT2D eigenvalue weighted by atomic mass is 35.5. The highest BCUT2D eigenvalue weighted by Crippen LogP contribution is 2.28. The summed E-state index contributed by atoms with van der Waals surface area (Å²) in [6, 6.07) is 6.10. The van der Waals surface area contributed by atoms with Gasteiger partial charge in [0, 0.05) is 31.1 Å². The lowest BCUT2D eigenvalue weighted by molar-refractivity contribution is -0.118. The first-order valence-electron chi connectivity index (χ1n) is 5.94. The fraction of sp³-hybridized carbons (Fsp3) is 0.462. The largest absolute Gasteiger partial charge is 0.326 e. The van der Waals surface area contributed by atoms with Crippen LogP contribution < -0.4 is 10.6 Å². The lowest BCUT2D eigenvalue weighted by atomic mass is 9.98. The predicted octanol–water partition coefficient (Wildman–Crippen LogP) is 2.05. The Kier molecular flexibility index (Phi) is 4.02. The van der Waals surface area contributed by atoms with Crippen molar-refractivity contribution >= 4 is 23.2 Å². The van der Waals surface area contributed by atoms with Crippen molar-refractivity contribution < 1.29 is 4.79 Å². The molecule has 0 aromatic heterocycles. The van der Waals surface area contributed by atoms with Gasteiger partial charge in [-0.25, -0.2) is 0 Å². The van der Waals surface area contributed by atoms with E-state index < -0.39 is 0 Å². The lowest BCUT2D eigenvalue weighted by Crippen LogP contribution is -2.36. The van der Waals surface area contributed by atoms with E-state index in [0.717, 1.165) is 24.1 Å². The molecule has 1 aromatic carbocycles. The summed E-state index contributed by atoms with van der Waals surface area (Å²) in [5.74, 6) is 0.781. The number of hydrogen-bond donors (Lipinski definition) is 1. The van der Waals surface area contributed by atoms with E-state index in [9.17, 15) is 4.79 Å². The molecule has 2 rings (SSSR count). The lowest BCUT2D eigenvalue weighted by Gasteiger charge is -2.29. The van der Waals surface area contributed by atoms with Gasteiger partial charge in [-0.3, -0.25) is 4.79 Å². The molecule has 0 spiro atoms. The SMILES string of the molecule is NCc1ccc2c(c1)CCC(=O)N2CCCCl. The van der Waals surface area contributed by atoms with E-state index in [-0.39, 0.29) is 5.91 Å². The molecule has 0 radical (unpaired) electrons.